The second-order valence-electron chi connectivity index (χ2n) is 3.19. The summed E-state index contributed by atoms with van der Waals surface area (Å²) in [6.07, 6.45) is -0.526. The Kier molecular flexibility index (Phi) is 3.99. The molecule has 14 heavy (non-hydrogen) atoms. The average Bonchev–Trinajstić information content (AvgIpc) is 2.42. The van der Waals surface area contributed by atoms with Crippen LogP contribution in [-0.2, 0) is 14.3 Å². The van der Waals surface area contributed by atoms with Crippen molar-refractivity contribution in [1.29, 1.82) is 0 Å². The molecule has 1 fully saturated rings. The Bertz CT molecular complexity index is 231. The predicted molar refractivity (Wildman–Crippen MR) is 47.4 cm³/mol. The Morgan fingerprint density at radius 3 is 2.93 bits per heavy atom. The van der Waals surface area contributed by atoms with Gasteiger partial charge in [-0.25, -0.2) is 0 Å². The van der Waals surface area contributed by atoms with Gasteiger partial charge in [-0.3, -0.25) is 14.9 Å². The molecule has 2 unspecified atom stereocenters. The van der Waals surface area contributed by atoms with Crippen molar-refractivity contribution in [1.82, 2.24) is 10.6 Å². The van der Waals surface area contributed by atoms with Gasteiger partial charge in [-0.15, -0.1) is 0 Å². The molecule has 2 atom stereocenters. The smallest absolute Gasteiger partial charge is 0.244 e. The first-order valence-corrected chi connectivity index (χ1v) is 4.37. The van der Waals surface area contributed by atoms with Crippen molar-refractivity contribution in [2.75, 3.05) is 20.3 Å². The van der Waals surface area contributed by atoms with E-state index in [2.05, 4.69) is 10.6 Å². The van der Waals surface area contributed by atoms with Crippen LogP contribution in [0, 0.1) is 0 Å². The summed E-state index contributed by atoms with van der Waals surface area (Å²) in [7, 11) is 1.48. The van der Waals surface area contributed by atoms with E-state index in [1.807, 2.05) is 0 Å². The molecule has 3 N–H and O–H groups in total. The van der Waals surface area contributed by atoms with Gasteiger partial charge in [0.05, 0.1) is 25.2 Å². The van der Waals surface area contributed by atoms with E-state index < -0.39 is 12.1 Å². The molecule has 0 aliphatic carbocycles. The van der Waals surface area contributed by atoms with Crippen molar-refractivity contribution in [3.8, 4) is 0 Å². The van der Waals surface area contributed by atoms with Gasteiger partial charge in [-0.2, -0.15) is 0 Å². The summed E-state index contributed by atoms with van der Waals surface area (Å²) in [6, 6.07) is -0.519. The number of rotatable bonds is 5. The molecule has 1 saturated heterocycles. The summed E-state index contributed by atoms with van der Waals surface area (Å²) < 4.78 is 4.71. The quantitative estimate of drug-likeness (QED) is 0.449. The zero-order valence-corrected chi connectivity index (χ0v) is 7.95. The van der Waals surface area contributed by atoms with Gasteiger partial charge in [0.15, 0.2) is 0 Å². The van der Waals surface area contributed by atoms with E-state index in [-0.39, 0.29) is 31.4 Å². The van der Waals surface area contributed by atoms with Crippen molar-refractivity contribution >= 4 is 11.8 Å². The van der Waals surface area contributed by atoms with Gasteiger partial charge in [-0.1, -0.05) is 0 Å². The maximum atomic E-state index is 11.0. The van der Waals surface area contributed by atoms with Crippen molar-refractivity contribution in [2.45, 2.75) is 18.6 Å². The van der Waals surface area contributed by atoms with E-state index in [1.165, 1.54) is 7.11 Å². The molecule has 80 valence electrons. The number of imide groups is 1. The second kappa shape index (κ2) is 5.04. The van der Waals surface area contributed by atoms with E-state index in [1.54, 1.807) is 0 Å². The lowest BCUT2D eigenvalue weighted by atomic mass is 10.2. The normalized spacial score (nSPS) is 23.7. The average molecular weight is 202 g/mol. The predicted octanol–water partition coefficient (Wildman–Crippen LogP) is -2.00. The lowest BCUT2D eigenvalue weighted by Gasteiger charge is -2.13. The molecule has 6 nitrogen and oxygen atoms in total. The van der Waals surface area contributed by atoms with Crippen molar-refractivity contribution in [3.05, 3.63) is 0 Å². The van der Waals surface area contributed by atoms with Gasteiger partial charge in [0.2, 0.25) is 11.8 Å². The van der Waals surface area contributed by atoms with Crippen LogP contribution < -0.4 is 10.6 Å². The van der Waals surface area contributed by atoms with E-state index in [0.29, 0.717) is 0 Å². The number of amides is 2. The van der Waals surface area contributed by atoms with Crippen LogP contribution in [0.3, 0.4) is 0 Å². The van der Waals surface area contributed by atoms with E-state index in [0.717, 1.165) is 0 Å². The van der Waals surface area contributed by atoms with Crippen LogP contribution in [0.5, 0.6) is 0 Å². The number of nitrogens with one attached hydrogen (secondary N) is 2. The fourth-order valence-electron chi connectivity index (χ4n) is 1.25. The molecule has 1 aliphatic heterocycles. The van der Waals surface area contributed by atoms with E-state index in [4.69, 9.17) is 4.74 Å². The maximum absolute atomic E-state index is 11.0. The molecule has 0 saturated carbocycles. The Hall–Kier alpha value is -0.980. The molecular formula is C8H14N2O4. The molecule has 0 aromatic heterocycles. The van der Waals surface area contributed by atoms with Crippen LogP contribution in [0.4, 0.5) is 0 Å². The Morgan fingerprint density at radius 1 is 1.71 bits per heavy atom. The summed E-state index contributed by atoms with van der Waals surface area (Å²) in [4.78, 5) is 21.8. The highest BCUT2D eigenvalue weighted by Crippen LogP contribution is 2.00. The number of ether oxygens (including phenoxy) is 1. The molecule has 1 aliphatic rings. The highest BCUT2D eigenvalue weighted by atomic mass is 16.5. The highest BCUT2D eigenvalue weighted by molar-refractivity contribution is 6.05. The Morgan fingerprint density at radius 2 is 2.43 bits per heavy atom. The molecule has 1 heterocycles. The highest BCUT2D eigenvalue weighted by Gasteiger charge is 2.30. The summed E-state index contributed by atoms with van der Waals surface area (Å²) in [5.74, 6) is -0.617. The third-order valence-electron chi connectivity index (χ3n) is 1.93. The van der Waals surface area contributed by atoms with Crippen LogP contribution in [0.2, 0.25) is 0 Å². The monoisotopic (exact) mass is 202 g/mol. The lowest BCUT2D eigenvalue weighted by Crippen LogP contribution is -2.41. The van der Waals surface area contributed by atoms with Crippen LogP contribution in [0.25, 0.3) is 0 Å². The third kappa shape index (κ3) is 3.06. The molecule has 0 radical (unpaired) electrons. The van der Waals surface area contributed by atoms with Gasteiger partial charge in [0.1, 0.15) is 0 Å². The van der Waals surface area contributed by atoms with Gasteiger partial charge in [-0.05, 0) is 0 Å². The summed E-state index contributed by atoms with van der Waals surface area (Å²) in [6.45, 7) is 0.439. The molecule has 0 aromatic carbocycles. The number of hydrogen-bond acceptors (Lipinski definition) is 5. The topological polar surface area (TPSA) is 87.7 Å². The van der Waals surface area contributed by atoms with Crippen molar-refractivity contribution < 1.29 is 19.4 Å². The summed E-state index contributed by atoms with van der Waals surface area (Å²) in [5.41, 5.74) is 0. The van der Waals surface area contributed by atoms with Crippen LogP contribution in [0.15, 0.2) is 0 Å². The Labute approximate surface area is 81.6 Å². The number of carbonyl (C=O) groups is 2. The Balaban J connectivity index is 2.24. The first kappa shape index (κ1) is 11.1. The molecule has 0 aromatic rings. The van der Waals surface area contributed by atoms with Gasteiger partial charge in [0, 0.05) is 13.7 Å². The number of aliphatic hydroxyl groups is 1. The van der Waals surface area contributed by atoms with Gasteiger partial charge in [0.25, 0.3) is 0 Å². The molecule has 1 rings (SSSR count). The van der Waals surface area contributed by atoms with E-state index in [9.17, 15) is 14.7 Å². The number of hydrogen-bond donors (Lipinski definition) is 3. The minimum atomic E-state index is -0.663. The van der Waals surface area contributed by atoms with Gasteiger partial charge < -0.3 is 15.2 Å². The SMILES string of the molecule is COCC(O)CNC1CC(=O)NC1=O. The fourth-order valence-corrected chi connectivity index (χ4v) is 1.25. The molecule has 6 heteroatoms. The molecule has 0 bridgehead atoms. The first-order valence-electron chi connectivity index (χ1n) is 4.37. The zero-order chi connectivity index (χ0) is 10.6. The molecule has 0 spiro atoms. The lowest BCUT2D eigenvalue weighted by molar-refractivity contribution is -0.125. The van der Waals surface area contributed by atoms with Crippen LogP contribution >= 0.6 is 0 Å². The fraction of sp³-hybridized carbons (Fsp3) is 0.750. The van der Waals surface area contributed by atoms with Crippen LogP contribution in [-0.4, -0.2) is 49.3 Å². The largest absolute Gasteiger partial charge is 0.389 e. The minimum Gasteiger partial charge on any atom is -0.389 e. The third-order valence-corrected chi connectivity index (χ3v) is 1.93. The van der Waals surface area contributed by atoms with Crippen LogP contribution in [0.1, 0.15) is 6.42 Å². The van der Waals surface area contributed by atoms with E-state index >= 15 is 0 Å². The molecule has 2 amide bonds. The zero-order valence-electron chi connectivity index (χ0n) is 7.95. The van der Waals surface area contributed by atoms with Crippen molar-refractivity contribution in [2.24, 2.45) is 0 Å². The second-order valence-corrected chi connectivity index (χ2v) is 3.19. The number of aliphatic hydroxyl groups excluding tert-OH is 1. The molecular weight excluding hydrogens is 188 g/mol. The minimum absolute atomic E-state index is 0.137. The summed E-state index contributed by atoms with van der Waals surface area (Å²) >= 11 is 0. The standard InChI is InChI=1S/C8H14N2O4/c1-14-4-5(11)3-9-6-2-7(12)10-8(6)13/h5-6,9,11H,2-4H2,1H3,(H,10,12,13). The summed E-state index contributed by atoms with van der Waals surface area (Å²) in [5, 5.41) is 14.2. The first-order chi connectivity index (χ1) is 6.63. The number of carbonyl (C=O) groups excluding carboxylic acids is 2. The number of methoxy groups -OCH3 is 1. The van der Waals surface area contributed by atoms with Crippen molar-refractivity contribution in [3.63, 3.8) is 0 Å². The van der Waals surface area contributed by atoms with Gasteiger partial charge >= 0.3 is 0 Å². The maximum Gasteiger partial charge on any atom is 0.244 e.